The van der Waals surface area contributed by atoms with E-state index in [1.54, 1.807) is 0 Å². The highest BCUT2D eigenvalue weighted by Gasteiger charge is 2.59. The summed E-state index contributed by atoms with van der Waals surface area (Å²) in [6.45, 7) is 17.0. The van der Waals surface area contributed by atoms with Crippen LogP contribution in [0.15, 0.2) is 24.3 Å². The summed E-state index contributed by atoms with van der Waals surface area (Å²) < 4.78 is 32.3. The molecule has 3 fully saturated rings. The van der Waals surface area contributed by atoms with Crippen molar-refractivity contribution < 1.29 is 28.2 Å². The van der Waals surface area contributed by atoms with Gasteiger partial charge in [-0.05, 0) is 35.9 Å². The zero-order valence-electron chi connectivity index (χ0n) is 24.1. The predicted octanol–water partition coefficient (Wildman–Crippen LogP) is 6.84. The Balaban J connectivity index is 1.28. The lowest BCUT2D eigenvalue weighted by atomic mass is 9.86. The third-order valence-electron chi connectivity index (χ3n) is 9.29. The molecule has 0 saturated carbocycles. The average molecular weight is 535 g/mol. The van der Waals surface area contributed by atoms with Crippen LogP contribution in [0, 0.1) is 5.92 Å². The molecule has 0 radical (unpaired) electrons. The molecule has 0 bridgehead atoms. The number of aldehydes is 1. The molecule has 0 aromatic heterocycles. The highest BCUT2D eigenvalue weighted by molar-refractivity contribution is 6.77. The van der Waals surface area contributed by atoms with Crippen LogP contribution in [0.25, 0.3) is 0 Å². The van der Waals surface area contributed by atoms with Crippen LogP contribution in [0.5, 0.6) is 0 Å². The van der Waals surface area contributed by atoms with Crippen LogP contribution < -0.4 is 0 Å². The summed E-state index contributed by atoms with van der Waals surface area (Å²) in [5, 5.41) is 0. The van der Waals surface area contributed by atoms with Gasteiger partial charge in [0.2, 0.25) is 0 Å². The lowest BCUT2D eigenvalue weighted by Crippen LogP contribution is -2.53. The Morgan fingerprint density at radius 2 is 1.76 bits per heavy atom. The van der Waals surface area contributed by atoms with Gasteiger partial charge in [0.1, 0.15) is 12.4 Å². The molecule has 0 aromatic rings. The van der Waals surface area contributed by atoms with Gasteiger partial charge >= 0.3 is 0 Å². The van der Waals surface area contributed by atoms with Gasteiger partial charge in [0, 0.05) is 38.2 Å². The molecule has 0 aliphatic carbocycles. The van der Waals surface area contributed by atoms with E-state index in [2.05, 4.69) is 72.8 Å². The van der Waals surface area contributed by atoms with E-state index in [0.717, 1.165) is 51.4 Å². The van der Waals surface area contributed by atoms with Gasteiger partial charge in [-0.2, -0.15) is 0 Å². The molecule has 7 heteroatoms. The quantitative estimate of drug-likeness (QED) is 0.132. The lowest BCUT2D eigenvalue weighted by molar-refractivity contribution is -0.365. The fraction of sp³-hybridized carbons (Fsp3) is 0.833. The number of carbonyl (C=O) groups is 1. The van der Waals surface area contributed by atoms with Gasteiger partial charge in [0.25, 0.3) is 0 Å². The van der Waals surface area contributed by atoms with Crippen molar-refractivity contribution >= 4 is 14.6 Å². The second-order valence-corrected chi connectivity index (χ2v) is 18.1. The van der Waals surface area contributed by atoms with Crippen molar-refractivity contribution in [3.8, 4) is 0 Å². The molecule has 4 heterocycles. The third-order valence-corrected chi connectivity index (χ3v) is 15.4. The van der Waals surface area contributed by atoms with E-state index in [4.69, 9.17) is 23.4 Å². The molecule has 37 heavy (non-hydrogen) atoms. The second-order valence-electron chi connectivity index (χ2n) is 12.7. The Kier molecular flexibility index (Phi) is 9.24. The number of unbranched alkanes of at least 4 members (excludes halogenated alkanes) is 1. The van der Waals surface area contributed by atoms with E-state index >= 15 is 0 Å². The van der Waals surface area contributed by atoms with Gasteiger partial charge < -0.3 is 28.2 Å². The van der Waals surface area contributed by atoms with E-state index in [0.29, 0.717) is 23.0 Å². The monoisotopic (exact) mass is 534 g/mol. The van der Waals surface area contributed by atoms with Crippen LogP contribution in [0.4, 0.5) is 0 Å². The zero-order chi connectivity index (χ0) is 26.8. The fourth-order valence-corrected chi connectivity index (χ4v) is 13.0. The molecule has 4 aliphatic heterocycles. The summed E-state index contributed by atoms with van der Waals surface area (Å²) in [5.41, 5.74) is 1.84. The molecule has 6 nitrogen and oxygen atoms in total. The number of carbonyl (C=O) groups excluding carboxylic acids is 1. The Morgan fingerprint density at radius 1 is 1.03 bits per heavy atom. The first-order valence-electron chi connectivity index (χ1n) is 14.7. The van der Waals surface area contributed by atoms with Gasteiger partial charge in [-0.25, -0.2) is 0 Å². The maximum atomic E-state index is 11.2. The Hall–Kier alpha value is -0.833. The molecular weight excluding hydrogens is 484 g/mol. The maximum absolute atomic E-state index is 11.2. The minimum Gasteiger partial charge on any atom is -0.416 e. The Bertz CT molecular complexity index is 818. The van der Waals surface area contributed by atoms with Crippen LogP contribution in [-0.2, 0) is 28.2 Å². The van der Waals surface area contributed by atoms with Gasteiger partial charge in [0.15, 0.2) is 19.9 Å². The van der Waals surface area contributed by atoms with E-state index in [1.165, 1.54) is 0 Å². The molecular formula is C30H50O6Si. The van der Waals surface area contributed by atoms with Crippen LogP contribution >= 0.6 is 0 Å². The molecule has 4 rings (SSSR count). The van der Waals surface area contributed by atoms with Gasteiger partial charge in [-0.3, -0.25) is 0 Å². The average Bonchev–Trinajstić information content (AvgIpc) is 3.39. The summed E-state index contributed by atoms with van der Waals surface area (Å²) >= 11 is 0. The highest BCUT2D eigenvalue weighted by atomic mass is 28.4. The van der Waals surface area contributed by atoms with Crippen LogP contribution in [-0.4, -0.2) is 57.2 Å². The Morgan fingerprint density at radius 3 is 2.43 bits per heavy atom. The number of ether oxygens (including phenoxy) is 4. The molecule has 0 N–H and O–H groups in total. The Labute approximate surface area is 225 Å². The van der Waals surface area contributed by atoms with Crippen molar-refractivity contribution in [2.75, 3.05) is 6.61 Å². The van der Waals surface area contributed by atoms with E-state index in [1.807, 2.05) is 0 Å². The minimum absolute atomic E-state index is 0.0164. The minimum atomic E-state index is -1.80. The molecule has 4 aliphatic rings. The summed E-state index contributed by atoms with van der Waals surface area (Å²) in [5.74, 6) is -1.12. The third kappa shape index (κ3) is 5.87. The van der Waals surface area contributed by atoms with Crippen LogP contribution in [0.1, 0.15) is 93.4 Å². The molecule has 3 saturated heterocycles. The summed E-state index contributed by atoms with van der Waals surface area (Å²) in [6, 6.07) is 0. The fourth-order valence-electron chi connectivity index (χ4n) is 7.51. The predicted molar refractivity (Wildman–Crippen MR) is 148 cm³/mol. The summed E-state index contributed by atoms with van der Waals surface area (Å²) in [7, 11) is -1.80. The number of rotatable bonds is 10. The first-order chi connectivity index (χ1) is 17.6. The molecule has 0 aromatic carbocycles. The normalized spacial score (nSPS) is 38.2. The second kappa shape index (κ2) is 11.7. The number of allylic oxidation sites excluding steroid dienone is 1. The van der Waals surface area contributed by atoms with Crippen LogP contribution in [0.3, 0.4) is 0 Å². The van der Waals surface area contributed by atoms with Gasteiger partial charge in [-0.1, -0.05) is 72.8 Å². The van der Waals surface area contributed by atoms with Crippen molar-refractivity contribution in [3.05, 3.63) is 24.3 Å². The van der Waals surface area contributed by atoms with E-state index in [-0.39, 0.29) is 30.3 Å². The highest BCUT2D eigenvalue weighted by Crippen LogP contribution is 2.52. The van der Waals surface area contributed by atoms with Gasteiger partial charge in [0.05, 0.1) is 18.3 Å². The molecule has 0 amide bonds. The smallest absolute Gasteiger partial charge is 0.200 e. The molecule has 210 valence electrons. The maximum Gasteiger partial charge on any atom is 0.200 e. The van der Waals surface area contributed by atoms with Crippen molar-refractivity contribution in [2.24, 2.45) is 5.92 Å². The standard InChI is InChI=1S/C30H50O6Si/c1-21(2)37(22(3)4,23(5)6)32-17-10-8-9-12-25-13-11-14-29(34-25)15-16-30(36-29)24(7)18-27-28(35-30)19-26(20-31)33-27/h9,11-13,20-28H,8,10,14-19H2,1-7H3/b12-9+/t24-,25-,26?,27-,28-,29+,30-/m0/s1. The van der Waals surface area contributed by atoms with Crippen molar-refractivity contribution in [2.45, 2.75) is 146 Å². The van der Waals surface area contributed by atoms with Gasteiger partial charge in [-0.15, -0.1) is 0 Å². The zero-order valence-corrected chi connectivity index (χ0v) is 25.1. The number of hydrogen-bond donors (Lipinski definition) is 0. The van der Waals surface area contributed by atoms with E-state index in [9.17, 15) is 4.79 Å². The van der Waals surface area contributed by atoms with Crippen molar-refractivity contribution in [1.29, 1.82) is 0 Å². The topological polar surface area (TPSA) is 63.2 Å². The van der Waals surface area contributed by atoms with Crippen molar-refractivity contribution in [1.82, 2.24) is 0 Å². The SMILES string of the molecule is CC(C)[Si](OCCC/C=C/[C@H]1C=CC[C@@]2(CC[C@]3(O[C@H]4CC(C=O)O[C@H]4C[C@@H]3C)O2)O1)(C(C)C)C(C)C. The van der Waals surface area contributed by atoms with Crippen molar-refractivity contribution in [3.63, 3.8) is 0 Å². The molecule has 2 spiro atoms. The summed E-state index contributed by atoms with van der Waals surface area (Å²) in [4.78, 5) is 11.2. The van der Waals surface area contributed by atoms with E-state index < -0.39 is 19.9 Å². The largest absolute Gasteiger partial charge is 0.416 e. The molecule has 1 unspecified atom stereocenters. The number of hydrogen-bond acceptors (Lipinski definition) is 6. The molecule has 7 atom stereocenters. The first kappa shape index (κ1) is 29.2. The van der Waals surface area contributed by atoms with Crippen LogP contribution in [0.2, 0.25) is 16.6 Å². The lowest BCUT2D eigenvalue weighted by Gasteiger charge is -2.45. The summed E-state index contributed by atoms with van der Waals surface area (Å²) in [6.07, 6.45) is 14.8. The number of fused-ring (bicyclic) bond motifs is 1. The first-order valence-corrected chi connectivity index (χ1v) is 16.8.